The average Bonchev–Trinajstić information content (AvgIpc) is 2.89. The highest BCUT2D eigenvalue weighted by Crippen LogP contribution is 2.13. The summed E-state index contributed by atoms with van der Waals surface area (Å²) in [5.74, 6) is 0.472. The molecule has 100 valence electrons. The minimum atomic E-state index is 0.0930. The second-order valence-corrected chi connectivity index (χ2v) is 4.97. The van der Waals surface area contributed by atoms with Crippen molar-refractivity contribution < 1.29 is 4.79 Å². The van der Waals surface area contributed by atoms with Crippen molar-refractivity contribution in [2.45, 2.75) is 26.8 Å². The summed E-state index contributed by atoms with van der Waals surface area (Å²) < 4.78 is 1.95. The number of para-hydroxylation sites is 1. The third-order valence-electron chi connectivity index (χ3n) is 2.84. The Hall–Kier alpha value is -2.10. The molecule has 4 nitrogen and oxygen atoms in total. The number of rotatable bonds is 5. The van der Waals surface area contributed by atoms with Crippen molar-refractivity contribution in [2.75, 3.05) is 0 Å². The van der Waals surface area contributed by atoms with Gasteiger partial charge in [-0.3, -0.25) is 4.79 Å². The molecule has 0 aliphatic heterocycles. The number of nitrogens with one attached hydrogen (secondary N) is 1. The second-order valence-electron chi connectivity index (χ2n) is 4.97. The van der Waals surface area contributed by atoms with Crippen LogP contribution >= 0.6 is 0 Å². The highest BCUT2D eigenvalue weighted by atomic mass is 16.1. The van der Waals surface area contributed by atoms with E-state index in [0.717, 1.165) is 11.3 Å². The Morgan fingerprint density at radius 1 is 1.37 bits per heavy atom. The van der Waals surface area contributed by atoms with Crippen LogP contribution in [0.5, 0.6) is 0 Å². The number of hydrogen-bond acceptors (Lipinski definition) is 2. The highest BCUT2D eigenvalue weighted by Gasteiger charge is 2.07. The number of carbonyl (C=O) groups is 1. The van der Waals surface area contributed by atoms with Gasteiger partial charge >= 0.3 is 0 Å². The molecule has 0 fully saturated rings. The van der Waals surface area contributed by atoms with Gasteiger partial charge in [0.1, 0.15) is 0 Å². The Morgan fingerprint density at radius 2 is 2.16 bits per heavy atom. The van der Waals surface area contributed by atoms with E-state index in [1.54, 1.807) is 12.5 Å². The Balaban J connectivity index is 2.07. The molecule has 19 heavy (non-hydrogen) atoms. The quantitative estimate of drug-likeness (QED) is 0.894. The third-order valence-corrected chi connectivity index (χ3v) is 2.84. The SMILES string of the molecule is CC(C)CC(=O)NCc1ccccc1-n1ccnc1. The number of benzene rings is 1. The Kier molecular flexibility index (Phi) is 4.34. The summed E-state index contributed by atoms with van der Waals surface area (Å²) >= 11 is 0. The lowest BCUT2D eigenvalue weighted by atomic mass is 10.1. The fraction of sp³-hybridized carbons (Fsp3) is 0.333. The van der Waals surface area contributed by atoms with Gasteiger partial charge in [0.15, 0.2) is 0 Å². The fourth-order valence-electron chi connectivity index (χ4n) is 1.95. The van der Waals surface area contributed by atoms with E-state index in [1.165, 1.54) is 0 Å². The first-order valence-corrected chi connectivity index (χ1v) is 6.49. The van der Waals surface area contributed by atoms with Crippen LogP contribution in [0.4, 0.5) is 0 Å². The molecule has 0 saturated heterocycles. The van der Waals surface area contributed by atoms with Gasteiger partial charge in [-0.2, -0.15) is 0 Å². The van der Waals surface area contributed by atoms with Crippen LogP contribution in [0, 0.1) is 5.92 Å². The molecule has 1 heterocycles. The predicted octanol–water partition coefficient (Wildman–Crippen LogP) is 2.53. The minimum absolute atomic E-state index is 0.0930. The van der Waals surface area contributed by atoms with Gasteiger partial charge in [-0.1, -0.05) is 32.0 Å². The van der Waals surface area contributed by atoms with Gasteiger partial charge < -0.3 is 9.88 Å². The van der Waals surface area contributed by atoms with Crippen LogP contribution in [0.2, 0.25) is 0 Å². The van der Waals surface area contributed by atoms with Crippen LogP contribution in [-0.4, -0.2) is 15.5 Å². The third kappa shape index (κ3) is 3.68. The lowest BCUT2D eigenvalue weighted by Gasteiger charge is -2.11. The largest absolute Gasteiger partial charge is 0.352 e. The van der Waals surface area contributed by atoms with Crippen LogP contribution in [0.25, 0.3) is 5.69 Å². The molecule has 1 amide bonds. The summed E-state index contributed by atoms with van der Waals surface area (Å²) in [6.45, 7) is 4.62. The van der Waals surface area contributed by atoms with Crippen LogP contribution in [-0.2, 0) is 11.3 Å². The molecular formula is C15H19N3O. The Morgan fingerprint density at radius 3 is 2.84 bits per heavy atom. The molecule has 4 heteroatoms. The standard InChI is InChI=1S/C15H19N3O/c1-12(2)9-15(19)17-10-13-5-3-4-6-14(13)18-8-7-16-11-18/h3-8,11-12H,9-10H2,1-2H3,(H,17,19). The molecule has 0 unspecified atom stereocenters. The zero-order valence-electron chi connectivity index (χ0n) is 11.3. The maximum absolute atomic E-state index is 11.7. The molecule has 1 aromatic heterocycles. The number of imidazole rings is 1. The van der Waals surface area contributed by atoms with Crippen molar-refractivity contribution in [3.8, 4) is 5.69 Å². The van der Waals surface area contributed by atoms with E-state index < -0.39 is 0 Å². The molecule has 0 spiro atoms. The minimum Gasteiger partial charge on any atom is -0.352 e. The van der Waals surface area contributed by atoms with Gasteiger partial charge in [0, 0.05) is 25.4 Å². The normalized spacial score (nSPS) is 10.7. The van der Waals surface area contributed by atoms with E-state index in [4.69, 9.17) is 0 Å². The van der Waals surface area contributed by atoms with Crippen molar-refractivity contribution in [2.24, 2.45) is 5.92 Å². The number of aromatic nitrogens is 2. The molecule has 0 bridgehead atoms. The number of carbonyl (C=O) groups excluding carboxylic acids is 1. The van der Waals surface area contributed by atoms with Crippen molar-refractivity contribution in [3.05, 3.63) is 48.5 Å². The molecule has 1 aromatic carbocycles. The molecule has 0 saturated carbocycles. The molecule has 0 atom stereocenters. The molecule has 2 rings (SSSR count). The lowest BCUT2D eigenvalue weighted by Crippen LogP contribution is -2.24. The van der Waals surface area contributed by atoms with Crippen molar-refractivity contribution in [3.63, 3.8) is 0 Å². The van der Waals surface area contributed by atoms with Crippen LogP contribution in [0.15, 0.2) is 43.0 Å². The summed E-state index contributed by atoms with van der Waals surface area (Å²) in [6, 6.07) is 8.00. The molecule has 0 aliphatic rings. The van der Waals surface area contributed by atoms with E-state index in [-0.39, 0.29) is 5.91 Å². The maximum atomic E-state index is 11.7. The second kappa shape index (κ2) is 6.18. The van der Waals surface area contributed by atoms with E-state index in [0.29, 0.717) is 18.9 Å². The van der Waals surface area contributed by atoms with Gasteiger partial charge in [-0.15, -0.1) is 0 Å². The van der Waals surface area contributed by atoms with E-state index in [1.807, 2.05) is 48.9 Å². The van der Waals surface area contributed by atoms with E-state index in [2.05, 4.69) is 10.3 Å². The Labute approximate surface area is 113 Å². The van der Waals surface area contributed by atoms with Gasteiger partial charge in [-0.05, 0) is 17.5 Å². The van der Waals surface area contributed by atoms with Gasteiger partial charge in [0.05, 0.1) is 12.0 Å². The molecule has 0 radical (unpaired) electrons. The Bertz CT molecular complexity index is 532. The summed E-state index contributed by atoms with van der Waals surface area (Å²) in [5, 5.41) is 2.96. The van der Waals surface area contributed by atoms with Gasteiger partial charge in [-0.25, -0.2) is 4.98 Å². The smallest absolute Gasteiger partial charge is 0.220 e. The first kappa shape index (κ1) is 13.3. The molecule has 1 N–H and O–H groups in total. The lowest BCUT2D eigenvalue weighted by molar-refractivity contribution is -0.121. The topological polar surface area (TPSA) is 46.9 Å². The average molecular weight is 257 g/mol. The predicted molar refractivity (Wildman–Crippen MR) is 74.9 cm³/mol. The maximum Gasteiger partial charge on any atom is 0.220 e. The van der Waals surface area contributed by atoms with Gasteiger partial charge in [0.2, 0.25) is 5.91 Å². The molecule has 2 aromatic rings. The molecule has 0 aliphatic carbocycles. The van der Waals surface area contributed by atoms with Crippen molar-refractivity contribution in [1.29, 1.82) is 0 Å². The summed E-state index contributed by atoms with van der Waals surface area (Å²) in [5.41, 5.74) is 2.13. The first-order valence-electron chi connectivity index (χ1n) is 6.49. The summed E-state index contributed by atoms with van der Waals surface area (Å²) in [6.07, 6.45) is 5.96. The number of amides is 1. The monoisotopic (exact) mass is 257 g/mol. The number of hydrogen-bond donors (Lipinski definition) is 1. The summed E-state index contributed by atoms with van der Waals surface area (Å²) in [4.78, 5) is 15.7. The highest BCUT2D eigenvalue weighted by molar-refractivity contribution is 5.76. The van der Waals surface area contributed by atoms with Gasteiger partial charge in [0.25, 0.3) is 0 Å². The zero-order valence-corrected chi connectivity index (χ0v) is 11.3. The van der Waals surface area contributed by atoms with Crippen LogP contribution < -0.4 is 5.32 Å². The van der Waals surface area contributed by atoms with E-state index in [9.17, 15) is 4.79 Å². The van der Waals surface area contributed by atoms with E-state index >= 15 is 0 Å². The van der Waals surface area contributed by atoms with Crippen molar-refractivity contribution >= 4 is 5.91 Å². The number of nitrogens with zero attached hydrogens (tertiary/aromatic N) is 2. The first-order chi connectivity index (χ1) is 9.16. The summed E-state index contributed by atoms with van der Waals surface area (Å²) in [7, 11) is 0. The molecular weight excluding hydrogens is 238 g/mol. The van der Waals surface area contributed by atoms with Crippen LogP contribution in [0.1, 0.15) is 25.8 Å². The van der Waals surface area contributed by atoms with Crippen molar-refractivity contribution in [1.82, 2.24) is 14.9 Å². The fourth-order valence-corrected chi connectivity index (χ4v) is 1.95. The van der Waals surface area contributed by atoms with Crippen LogP contribution in [0.3, 0.4) is 0 Å². The zero-order chi connectivity index (χ0) is 13.7.